The summed E-state index contributed by atoms with van der Waals surface area (Å²) >= 11 is 7.83. The highest BCUT2D eigenvalue weighted by molar-refractivity contribution is 14.1. The summed E-state index contributed by atoms with van der Waals surface area (Å²) in [6, 6.07) is 4.84. The number of benzene rings is 1. The van der Waals surface area contributed by atoms with Crippen LogP contribution in [0.15, 0.2) is 30.6 Å². The van der Waals surface area contributed by atoms with Gasteiger partial charge in [0, 0.05) is 21.0 Å². The van der Waals surface area contributed by atoms with Gasteiger partial charge < -0.3 is 10.4 Å². The molecule has 2 N–H and O–H groups in total. The third-order valence-corrected chi connectivity index (χ3v) is 3.48. The van der Waals surface area contributed by atoms with Crippen LogP contribution in [0.2, 0.25) is 5.02 Å². The molecule has 0 spiro atoms. The number of carbonyl (C=O) groups excluding carboxylic acids is 1. The van der Waals surface area contributed by atoms with Crippen molar-refractivity contribution in [3.63, 3.8) is 0 Å². The third kappa shape index (κ3) is 3.23. The minimum absolute atomic E-state index is 0.110. The fraction of sp³-hybridized carbons (Fsp3) is 0. The topological polar surface area (TPSA) is 92.2 Å². The summed E-state index contributed by atoms with van der Waals surface area (Å²) in [6.45, 7) is 0. The normalized spacial score (nSPS) is 10.1. The summed E-state index contributed by atoms with van der Waals surface area (Å²) in [5, 5.41) is 11.8. The van der Waals surface area contributed by atoms with Crippen molar-refractivity contribution in [2.75, 3.05) is 5.32 Å². The average molecular weight is 404 g/mol. The number of amides is 1. The number of hydrogen-bond donors (Lipinski definition) is 2. The summed E-state index contributed by atoms with van der Waals surface area (Å²) in [4.78, 5) is 30.6. The molecule has 2 rings (SSSR count). The SMILES string of the molecule is O=C(Nc1nccnc1C(=O)O)c1cc(Cl)ccc1I. The number of nitrogens with one attached hydrogen (secondary N) is 1. The molecule has 2 aromatic rings. The van der Waals surface area contributed by atoms with Crippen LogP contribution in [0.1, 0.15) is 20.8 Å². The maximum absolute atomic E-state index is 12.1. The van der Waals surface area contributed by atoms with E-state index in [-0.39, 0.29) is 11.5 Å². The molecule has 0 aliphatic heterocycles. The van der Waals surface area contributed by atoms with Crippen LogP contribution >= 0.6 is 34.2 Å². The van der Waals surface area contributed by atoms with Gasteiger partial charge in [-0.3, -0.25) is 4.79 Å². The lowest BCUT2D eigenvalue weighted by Crippen LogP contribution is -2.18. The van der Waals surface area contributed by atoms with Crippen LogP contribution in [0.3, 0.4) is 0 Å². The first-order chi connectivity index (χ1) is 9.49. The molecule has 0 aliphatic rings. The molecule has 0 radical (unpaired) electrons. The number of carboxylic acids is 1. The van der Waals surface area contributed by atoms with E-state index in [1.54, 1.807) is 12.1 Å². The van der Waals surface area contributed by atoms with Gasteiger partial charge in [0.05, 0.1) is 5.56 Å². The smallest absolute Gasteiger partial charge is 0.358 e. The Kier molecular flexibility index (Phi) is 4.50. The lowest BCUT2D eigenvalue weighted by Gasteiger charge is -2.08. The number of aromatic carboxylic acids is 1. The number of anilines is 1. The van der Waals surface area contributed by atoms with Gasteiger partial charge in [0.15, 0.2) is 11.5 Å². The zero-order valence-electron chi connectivity index (χ0n) is 9.80. The Morgan fingerprint density at radius 3 is 2.65 bits per heavy atom. The third-order valence-electron chi connectivity index (χ3n) is 2.31. The summed E-state index contributed by atoms with van der Waals surface area (Å²) in [7, 11) is 0. The first-order valence-corrected chi connectivity index (χ1v) is 6.75. The molecule has 0 bridgehead atoms. The molecule has 0 unspecified atom stereocenters. The van der Waals surface area contributed by atoms with Gasteiger partial charge in [-0.05, 0) is 40.8 Å². The Labute approximate surface area is 132 Å². The molecule has 102 valence electrons. The van der Waals surface area contributed by atoms with E-state index in [0.29, 0.717) is 14.2 Å². The standard InChI is InChI=1S/C12H7ClIN3O3/c13-6-1-2-8(14)7(5-6)11(18)17-10-9(12(19)20)15-3-4-16-10/h1-5H,(H,19,20)(H,16,17,18). The summed E-state index contributed by atoms with van der Waals surface area (Å²) in [5.41, 5.74) is 0.0120. The molecule has 1 heterocycles. The van der Waals surface area contributed by atoms with Crippen LogP contribution in [0.25, 0.3) is 0 Å². The lowest BCUT2D eigenvalue weighted by molar-refractivity contribution is 0.0691. The predicted octanol–water partition coefficient (Wildman–Crippen LogP) is 2.69. The second kappa shape index (κ2) is 6.14. The van der Waals surface area contributed by atoms with E-state index in [0.717, 1.165) is 0 Å². The fourth-order valence-electron chi connectivity index (χ4n) is 1.43. The van der Waals surface area contributed by atoms with E-state index in [9.17, 15) is 9.59 Å². The Balaban J connectivity index is 2.33. The van der Waals surface area contributed by atoms with E-state index < -0.39 is 11.9 Å². The molecule has 1 amide bonds. The molecule has 1 aromatic heterocycles. The van der Waals surface area contributed by atoms with Crippen molar-refractivity contribution in [1.29, 1.82) is 0 Å². The number of nitrogens with zero attached hydrogens (tertiary/aromatic N) is 2. The van der Waals surface area contributed by atoms with Gasteiger partial charge in [-0.2, -0.15) is 0 Å². The van der Waals surface area contributed by atoms with Crippen molar-refractivity contribution in [2.45, 2.75) is 0 Å². The molecular weight excluding hydrogens is 397 g/mol. The zero-order valence-corrected chi connectivity index (χ0v) is 12.7. The van der Waals surface area contributed by atoms with Crippen molar-refractivity contribution < 1.29 is 14.7 Å². The van der Waals surface area contributed by atoms with E-state index in [1.165, 1.54) is 18.5 Å². The van der Waals surface area contributed by atoms with Crippen molar-refractivity contribution in [3.8, 4) is 0 Å². The molecule has 0 atom stereocenters. The average Bonchev–Trinajstić information content (AvgIpc) is 2.41. The number of rotatable bonds is 3. The Morgan fingerprint density at radius 2 is 1.95 bits per heavy atom. The Hall–Kier alpha value is -1.74. The maximum Gasteiger partial charge on any atom is 0.358 e. The van der Waals surface area contributed by atoms with E-state index in [4.69, 9.17) is 16.7 Å². The fourth-order valence-corrected chi connectivity index (χ4v) is 2.18. The monoisotopic (exact) mass is 403 g/mol. The van der Waals surface area contributed by atoms with Gasteiger partial charge in [-0.15, -0.1) is 0 Å². The highest BCUT2D eigenvalue weighted by Crippen LogP contribution is 2.19. The van der Waals surface area contributed by atoms with E-state index >= 15 is 0 Å². The molecule has 20 heavy (non-hydrogen) atoms. The molecular formula is C12H7ClIN3O3. The van der Waals surface area contributed by atoms with Gasteiger partial charge >= 0.3 is 5.97 Å². The molecule has 8 heteroatoms. The molecule has 1 aromatic carbocycles. The second-order valence-corrected chi connectivity index (χ2v) is 5.24. The number of carboxylic acid groups (broad SMARTS) is 1. The summed E-state index contributed by atoms with van der Waals surface area (Å²) in [6.07, 6.45) is 2.53. The van der Waals surface area contributed by atoms with Crippen LogP contribution in [0, 0.1) is 3.57 Å². The quantitative estimate of drug-likeness (QED) is 0.769. The molecule has 0 saturated heterocycles. The maximum atomic E-state index is 12.1. The van der Waals surface area contributed by atoms with Crippen LogP contribution < -0.4 is 5.32 Å². The van der Waals surface area contributed by atoms with E-state index in [1.807, 2.05) is 22.6 Å². The van der Waals surface area contributed by atoms with Gasteiger partial charge in [0.1, 0.15) is 0 Å². The van der Waals surface area contributed by atoms with Crippen LogP contribution in [-0.2, 0) is 0 Å². The number of carbonyl (C=O) groups is 2. The first-order valence-electron chi connectivity index (χ1n) is 5.29. The highest BCUT2D eigenvalue weighted by Gasteiger charge is 2.17. The van der Waals surface area contributed by atoms with Crippen LogP contribution in [0.5, 0.6) is 0 Å². The van der Waals surface area contributed by atoms with Crippen molar-refractivity contribution in [2.24, 2.45) is 0 Å². The number of hydrogen-bond acceptors (Lipinski definition) is 4. The predicted molar refractivity (Wildman–Crippen MR) is 81.1 cm³/mol. The largest absolute Gasteiger partial charge is 0.476 e. The minimum Gasteiger partial charge on any atom is -0.476 e. The van der Waals surface area contributed by atoms with Crippen LogP contribution in [0.4, 0.5) is 5.82 Å². The summed E-state index contributed by atoms with van der Waals surface area (Å²) in [5.74, 6) is -1.88. The Morgan fingerprint density at radius 1 is 1.25 bits per heavy atom. The van der Waals surface area contributed by atoms with Gasteiger partial charge in [0.25, 0.3) is 5.91 Å². The number of aromatic nitrogens is 2. The van der Waals surface area contributed by atoms with Gasteiger partial charge in [-0.1, -0.05) is 11.6 Å². The minimum atomic E-state index is -1.27. The van der Waals surface area contributed by atoms with Crippen molar-refractivity contribution in [3.05, 3.63) is 50.4 Å². The molecule has 0 fully saturated rings. The van der Waals surface area contributed by atoms with E-state index in [2.05, 4.69) is 15.3 Å². The first kappa shape index (κ1) is 14.7. The zero-order chi connectivity index (χ0) is 14.7. The van der Waals surface area contributed by atoms with Crippen molar-refractivity contribution >= 4 is 51.9 Å². The lowest BCUT2D eigenvalue weighted by atomic mass is 10.2. The Bertz CT molecular complexity index is 693. The second-order valence-electron chi connectivity index (χ2n) is 3.64. The molecule has 0 aliphatic carbocycles. The van der Waals surface area contributed by atoms with Gasteiger partial charge in [0.2, 0.25) is 0 Å². The summed E-state index contributed by atoms with van der Waals surface area (Å²) < 4.78 is 0.685. The highest BCUT2D eigenvalue weighted by atomic mass is 127. The molecule has 6 nitrogen and oxygen atoms in total. The van der Waals surface area contributed by atoms with Crippen LogP contribution in [-0.4, -0.2) is 27.0 Å². The molecule has 0 saturated carbocycles. The number of halogens is 2. The van der Waals surface area contributed by atoms with Crippen molar-refractivity contribution in [1.82, 2.24) is 9.97 Å². The van der Waals surface area contributed by atoms with Gasteiger partial charge in [-0.25, -0.2) is 14.8 Å².